The minimum Gasteiger partial charge on any atom is -0.425 e. The minimum absolute atomic E-state index is 0.0579. The van der Waals surface area contributed by atoms with E-state index in [9.17, 15) is 9.18 Å². The Morgan fingerprint density at radius 3 is 2.62 bits per heavy atom. The number of carbonyl (C=O) groups excluding carboxylic acids is 1. The van der Waals surface area contributed by atoms with Gasteiger partial charge in [0, 0.05) is 24.9 Å². The van der Waals surface area contributed by atoms with Gasteiger partial charge in [0.2, 0.25) is 11.8 Å². The molecule has 1 aromatic carbocycles. The van der Waals surface area contributed by atoms with Crippen LogP contribution in [0.2, 0.25) is 5.02 Å². The average molecular weight is 352 g/mol. The predicted octanol–water partition coefficient (Wildman–Crippen LogP) is 4.01. The molecule has 0 atom stereocenters. The third-order valence-electron chi connectivity index (χ3n) is 4.26. The Labute approximate surface area is 144 Å². The van der Waals surface area contributed by atoms with E-state index in [1.165, 1.54) is 18.2 Å². The third kappa shape index (κ3) is 3.29. The molecule has 3 rings (SSSR count). The first kappa shape index (κ1) is 16.9. The molecule has 0 aliphatic carbocycles. The van der Waals surface area contributed by atoms with Crippen molar-refractivity contribution in [1.82, 2.24) is 15.1 Å². The zero-order chi connectivity index (χ0) is 17.3. The summed E-state index contributed by atoms with van der Waals surface area (Å²) in [6.45, 7) is 5.01. The molecule has 7 heteroatoms. The lowest BCUT2D eigenvalue weighted by molar-refractivity contribution is 0.0701. The van der Waals surface area contributed by atoms with Gasteiger partial charge in [-0.15, -0.1) is 10.2 Å². The van der Waals surface area contributed by atoms with E-state index in [1.807, 2.05) is 13.8 Å². The van der Waals surface area contributed by atoms with Crippen molar-refractivity contribution in [3.63, 3.8) is 0 Å². The molecule has 1 aliphatic heterocycles. The molecule has 5 nitrogen and oxygen atoms in total. The molecule has 128 valence electrons. The van der Waals surface area contributed by atoms with Crippen LogP contribution < -0.4 is 0 Å². The van der Waals surface area contributed by atoms with Gasteiger partial charge in [-0.3, -0.25) is 4.79 Å². The quantitative estimate of drug-likeness (QED) is 0.838. The van der Waals surface area contributed by atoms with Crippen molar-refractivity contribution in [3.8, 4) is 0 Å². The molecule has 0 N–H and O–H groups in total. The Bertz CT molecular complexity index is 719. The number of carbonyl (C=O) groups is 1. The smallest absolute Gasteiger partial charge is 0.258 e. The Hall–Kier alpha value is -1.95. The fourth-order valence-corrected chi connectivity index (χ4v) is 3.08. The molecule has 0 spiro atoms. The van der Waals surface area contributed by atoms with Crippen LogP contribution in [0.25, 0.3) is 0 Å². The van der Waals surface area contributed by atoms with Crippen LogP contribution >= 0.6 is 11.6 Å². The molecule has 1 amide bonds. The maximum Gasteiger partial charge on any atom is 0.258 e. The summed E-state index contributed by atoms with van der Waals surface area (Å²) in [4.78, 5) is 14.2. The standard InChI is InChI=1S/C17H19ClFN3O2/c1-10(2)15-20-21-16(24-15)11-6-8-22(9-7-11)17(23)14-12(18)4-3-5-13(14)19/h3-5,10-11H,6-9H2,1-2H3. The first-order valence-electron chi connectivity index (χ1n) is 8.04. The normalized spacial score (nSPS) is 16.0. The number of hydrogen-bond acceptors (Lipinski definition) is 4. The third-order valence-corrected chi connectivity index (χ3v) is 4.57. The van der Waals surface area contributed by atoms with E-state index >= 15 is 0 Å². The molecular formula is C17H19ClFN3O2. The van der Waals surface area contributed by atoms with Gasteiger partial charge in [0.15, 0.2) is 0 Å². The molecule has 1 saturated heterocycles. The molecule has 1 aliphatic rings. The number of amides is 1. The van der Waals surface area contributed by atoms with E-state index in [-0.39, 0.29) is 28.3 Å². The molecule has 1 aromatic heterocycles. The SMILES string of the molecule is CC(C)c1nnc(C2CCN(C(=O)c3c(F)cccc3Cl)CC2)o1. The Morgan fingerprint density at radius 1 is 1.33 bits per heavy atom. The van der Waals surface area contributed by atoms with E-state index in [0.717, 1.165) is 0 Å². The summed E-state index contributed by atoms with van der Waals surface area (Å²) in [5.74, 6) is 0.607. The number of benzene rings is 1. The molecule has 1 fully saturated rings. The van der Waals surface area contributed by atoms with Crippen molar-refractivity contribution in [2.45, 2.75) is 38.5 Å². The molecule has 0 bridgehead atoms. The van der Waals surface area contributed by atoms with Crippen molar-refractivity contribution >= 4 is 17.5 Å². The van der Waals surface area contributed by atoms with Gasteiger partial charge < -0.3 is 9.32 Å². The highest BCUT2D eigenvalue weighted by atomic mass is 35.5. The van der Waals surface area contributed by atoms with Crippen LogP contribution in [-0.2, 0) is 0 Å². The van der Waals surface area contributed by atoms with Crippen molar-refractivity contribution in [1.29, 1.82) is 0 Å². The number of piperidine rings is 1. The fourth-order valence-electron chi connectivity index (χ4n) is 2.83. The molecule has 24 heavy (non-hydrogen) atoms. The van der Waals surface area contributed by atoms with E-state index in [1.54, 1.807) is 4.90 Å². The highest BCUT2D eigenvalue weighted by Gasteiger charge is 2.30. The van der Waals surface area contributed by atoms with Gasteiger partial charge in [-0.25, -0.2) is 4.39 Å². The molecule has 2 heterocycles. The van der Waals surface area contributed by atoms with Gasteiger partial charge in [0.25, 0.3) is 5.91 Å². The zero-order valence-corrected chi connectivity index (χ0v) is 14.4. The first-order valence-corrected chi connectivity index (χ1v) is 8.41. The number of likely N-dealkylation sites (tertiary alicyclic amines) is 1. The van der Waals surface area contributed by atoms with E-state index in [2.05, 4.69) is 10.2 Å². The van der Waals surface area contributed by atoms with Gasteiger partial charge in [-0.05, 0) is 25.0 Å². The van der Waals surface area contributed by atoms with Crippen LogP contribution in [0.3, 0.4) is 0 Å². The summed E-state index contributed by atoms with van der Waals surface area (Å²) < 4.78 is 19.6. The second kappa shape index (κ2) is 6.89. The lowest BCUT2D eigenvalue weighted by Crippen LogP contribution is -2.38. The van der Waals surface area contributed by atoms with Crippen molar-refractivity contribution in [3.05, 3.63) is 46.4 Å². The van der Waals surface area contributed by atoms with Crippen molar-refractivity contribution in [2.75, 3.05) is 13.1 Å². The molecule has 0 unspecified atom stereocenters. The Balaban J connectivity index is 1.67. The monoisotopic (exact) mass is 351 g/mol. The molecular weight excluding hydrogens is 333 g/mol. The summed E-state index contributed by atoms with van der Waals surface area (Å²) in [6.07, 6.45) is 1.41. The summed E-state index contributed by atoms with van der Waals surface area (Å²) in [6, 6.07) is 4.26. The first-order chi connectivity index (χ1) is 11.5. The van der Waals surface area contributed by atoms with Gasteiger partial charge >= 0.3 is 0 Å². The minimum atomic E-state index is -0.590. The topological polar surface area (TPSA) is 59.2 Å². The Morgan fingerprint density at radius 2 is 2.04 bits per heavy atom. The van der Waals surface area contributed by atoms with Gasteiger partial charge in [0.05, 0.1) is 10.6 Å². The van der Waals surface area contributed by atoms with Crippen LogP contribution in [0.15, 0.2) is 22.6 Å². The highest BCUT2D eigenvalue weighted by molar-refractivity contribution is 6.33. The number of halogens is 2. The largest absolute Gasteiger partial charge is 0.425 e. The summed E-state index contributed by atoms with van der Waals surface area (Å²) in [7, 11) is 0. The summed E-state index contributed by atoms with van der Waals surface area (Å²) in [5, 5.41) is 8.31. The van der Waals surface area contributed by atoms with Crippen LogP contribution in [0, 0.1) is 5.82 Å². The van der Waals surface area contributed by atoms with Crippen LogP contribution in [0.5, 0.6) is 0 Å². The second-order valence-electron chi connectivity index (χ2n) is 6.30. The van der Waals surface area contributed by atoms with Crippen molar-refractivity contribution in [2.24, 2.45) is 0 Å². The maximum atomic E-state index is 13.9. The summed E-state index contributed by atoms with van der Waals surface area (Å²) in [5.41, 5.74) is -0.0579. The van der Waals surface area contributed by atoms with E-state index < -0.39 is 5.82 Å². The van der Waals surface area contributed by atoms with Crippen LogP contribution in [-0.4, -0.2) is 34.1 Å². The van der Waals surface area contributed by atoms with Crippen molar-refractivity contribution < 1.29 is 13.6 Å². The number of nitrogens with zero attached hydrogens (tertiary/aromatic N) is 3. The van der Waals surface area contributed by atoms with Gasteiger partial charge in [-0.1, -0.05) is 31.5 Å². The maximum absolute atomic E-state index is 13.9. The summed E-state index contributed by atoms with van der Waals surface area (Å²) >= 11 is 5.98. The highest BCUT2D eigenvalue weighted by Crippen LogP contribution is 2.30. The molecule has 0 saturated carbocycles. The lowest BCUT2D eigenvalue weighted by Gasteiger charge is -2.30. The predicted molar refractivity (Wildman–Crippen MR) is 87.7 cm³/mol. The van der Waals surface area contributed by atoms with Crippen LogP contribution in [0.1, 0.15) is 60.7 Å². The number of rotatable bonds is 3. The second-order valence-corrected chi connectivity index (χ2v) is 6.70. The number of hydrogen-bond donors (Lipinski definition) is 0. The van der Waals surface area contributed by atoms with Gasteiger partial charge in [-0.2, -0.15) is 0 Å². The Kier molecular flexibility index (Phi) is 4.85. The number of aromatic nitrogens is 2. The molecule has 2 aromatic rings. The van der Waals surface area contributed by atoms with Crippen LogP contribution in [0.4, 0.5) is 4.39 Å². The fraction of sp³-hybridized carbons (Fsp3) is 0.471. The average Bonchev–Trinajstić information content (AvgIpc) is 3.05. The van der Waals surface area contributed by atoms with E-state index in [0.29, 0.717) is 37.7 Å². The zero-order valence-electron chi connectivity index (χ0n) is 13.6. The lowest BCUT2D eigenvalue weighted by atomic mass is 9.96. The van der Waals surface area contributed by atoms with E-state index in [4.69, 9.17) is 16.0 Å². The van der Waals surface area contributed by atoms with Gasteiger partial charge in [0.1, 0.15) is 5.82 Å². The molecule has 0 radical (unpaired) electrons.